The Morgan fingerprint density at radius 2 is 2.26 bits per heavy atom. The first-order valence-electron chi connectivity index (χ1n) is 6.88. The molecule has 1 fully saturated rings. The van der Waals surface area contributed by atoms with E-state index in [1.54, 1.807) is 12.3 Å². The van der Waals surface area contributed by atoms with Crippen LogP contribution in [-0.2, 0) is 6.54 Å². The highest BCUT2D eigenvalue weighted by Gasteiger charge is 2.27. The Labute approximate surface area is 125 Å². The summed E-state index contributed by atoms with van der Waals surface area (Å²) >= 11 is 12.0. The fourth-order valence-electron chi connectivity index (χ4n) is 2.78. The summed E-state index contributed by atoms with van der Waals surface area (Å²) in [4.78, 5) is 6.53. The Morgan fingerprint density at radius 3 is 2.89 bits per heavy atom. The van der Waals surface area contributed by atoms with E-state index in [9.17, 15) is 0 Å². The van der Waals surface area contributed by atoms with Crippen LogP contribution in [0, 0.1) is 5.92 Å². The van der Waals surface area contributed by atoms with Crippen molar-refractivity contribution in [2.24, 2.45) is 11.7 Å². The SMILES string of the molecule is CCC1CCN(Cc2cnc(Cl)cc2Cl)C(CN)C1. The third-order valence-corrected chi connectivity index (χ3v) is 4.62. The molecule has 0 aliphatic carbocycles. The number of hydrogen-bond acceptors (Lipinski definition) is 3. The molecule has 2 heterocycles. The maximum atomic E-state index is 6.21. The largest absolute Gasteiger partial charge is 0.329 e. The molecule has 1 aromatic heterocycles. The summed E-state index contributed by atoms with van der Waals surface area (Å²) in [5.74, 6) is 0.809. The summed E-state index contributed by atoms with van der Waals surface area (Å²) in [5, 5.41) is 1.13. The lowest BCUT2D eigenvalue weighted by Gasteiger charge is -2.39. The first kappa shape index (κ1) is 15.0. The van der Waals surface area contributed by atoms with Crippen LogP contribution in [0.4, 0.5) is 0 Å². The normalized spacial score (nSPS) is 24.6. The van der Waals surface area contributed by atoms with Gasteiger partial charge in [-0.05, 0) is 31.4 Å². The third-order valence-electron chi connectivity index (χ3n) is 4.07. The van der Waals surface area contributed by atoms with Crippen LogP contribution in [0.15, 0.2) is 12.3 Å². The molecular formula is C14H21Cl2N3. The molecule has 0 saturated carbocycles. The number of hydrogen-bond donors (Lipinski definition) is 1. The minimum atomic E-state index is 0.439. The van der Waals surface area contributed by atoms with Crippen molar-refractivity contribution in [3.63, 3.8) is 0 Å². The van der Waals surface area contributed by atoms with Gasteiger partial charge in [0, 0.05) is 35.9 Å². The zero-order valence-electron chi connectivity index (χ0n) is 11.3. The summed E-state index contributed by atoms with van der Waals surface area (Å²) in [6.45, 7) is 4.85. The first-order valence-corrected chi connectivity index (χ1v) is 7.63. The number of rotatable bonds is 4. The average Bonchev–Trinajstić information content (AvgIpc) is 2.42. The molecule has 19 heavy (non-hydrogen) atoms. The predicted molar refractivity (Wildman–Crippen MR) is 80.5 cm³/mol. The molecule has 2 N–H and O–H groups in total. The van der Waals surface area contributed by atoms with Crippen LogP contribution in [0.3, 0.4) is 0 Å². The van der Waals surface area contributed by atoms with E-state index in [0.29, 0.717) is 22.8 Å². The van der Waals surface area contributed by atoms with Crippen molar-refractivity contribution in [1.82, 2.24) is 9.88 Å². The summed E-state index contributed by atoms with van der Waals surface area (Å²) in [6, 6.07) is 2.15. The summed E-state index contributed by atoms with van der Waals surface area (Å²) < 4.78 is 0. The second-order valence-electron chi connectivity index (χ2n) is 5.26. The molecular weight excluding hydrogens is 281 g/mol. The lowest BCUT2D eigenvalue weighted by Crippen LogP contribution is -2.46. The van der Waals surface area contributed by atoms with E-state index in [1.807, 2.05) is 0 Å². The van der Waals surface area contributed by atoms with Crippen LogP contribution in [0.5, 0.6) is 0 Å². The van der Waals surface area contributed by atoms with E-state index >= 15 is 0 Å². The highest BCUT2D eigenvalue weighted by molar-refractivity contribution is 6.34. The molecule has 1 aliphatic rings. The van der Waals surface area contributed by atoms with E-state index in [0.717, 1.165) is 24.6 Å². The van der Waals surface area contributed by atoms with E-state index in [4.69, 9.17) is 28.9 Å². The Morgan fingerprint density at radius 1 is 1.47 bits per heavy atom. The molecule has 5 heteroatoms. The maximum Gasteiger partial charge on any atom is 0.130 e. The molecule has 106 valence electrons. The maximum absolute atomic E-state index is 6.21. The highest BCUT2D eigenvalue weighted by atomic mass is 35.5. The minimum absolute atomic E-state index is 0.439. The number of pyridine rings is 1. The van der Waals surface area contributed by atoms with Gasteiger partial charge in [0.05, 0.1) is 0 Å². The average molecular weight is 302 g/mol. The van der Waals surface area contributed by atoms with Gasteiger partial charge in [-0.3, -0.25) is 4.90 Å². The van der Waals surface area contributed by atoms with Crippen LogP contribution >= 0.6 is 23.2 Å². The Kier molecular flexibility index (Phi) is 5.46. The summed E-state index contributed by atoms with van der Waals surface area (Å²) in [6.07, 6.45) is 5.44. The molecule has 1 saturated heterocycles. The molecule has 2 rings (SSSR count). The standard InChI is InChI=1S/C14H21Cl2N3/c1-2-10-3-4-19(12(5-10)7-17)9-11-8-18-14(16)6-13(11)15/h6,8,10,12H,2-5,7,9,17H2,1H3. The van der Waals surface area contributed by atoms with Crippen LogP contribution < -0.4 is 5.73 Å². The van der Waals surface area contributed by atoms with E-state index in [-0.39, 0.29) is 0 Å². The van der Waals surface area contributed by atoms with Gasteiger partial charge in [-0.25, -0.2) is 4.98 Å². The van der Waals surface area contributed by atoms with Crippen LogP contribution in [0.2, 0.25) is 10.2 Å². The van der Waals surface area contributed by atoms with Crippen molar-refractivity contribution >= 4 is 23.2 Å². The Hall–Kier alpha value is -0.350. The van der Waals surface area contributed by atoms with E-state index in [1.165, 1.54) is 19.3 Å². The fourth-order valence-corrected chi connectivity index (χ4v) is 3.20. The Bertz CT molecular complexity index is 425. The molecule has 0 radical (unpaired) electrons. The van der Waals surface area contributed by atoms with Gasteiger partial charge in [-0.15, -0.1) is 0 Å². The van der Waals surface area contributed by atoms with Gasteiger partial charge in [0.15, 0.2) is 0 Å². The monoisotopic (exact) mass is 301 g/mol. The van der Waals surface area contributed by atoms with Gasteiger partial charge in [-0.1, -0.05) is 36.5 Å². The van der Waals surface area contributed by atoms with Crippen molar-refractivity contribution in [3.8, 4) is 0 Å². The molecule has 2 unspecified atom stereocenters. The molecule has 0 amide bonds. The van der Waals surface area contributed by atoms with Gasteiger partial charge >= 0.3 is 0 Å². The molecule has 0 spiro atoms. The van der Waals surface area contributed by atoms with Gasteiger partial charge in [0.25, 0.3) is 0 Å². The predicted octanol–water partition coefficient (Wildman–Crippen LogP) is 3.34. The zero-order valence-corrected chi connectivity index (χ0v) is 12.8. The Balaban J connectivity index is 2.05. The van der Waals surface area contributed by atoms with Crippen LogP contribution in [0.1, 0.15) is 31.7 Å². The molecule has 1 aliphatic heterocycles. The highest BCUT2D eigenvalue weighted by Crippen LogP contribution is 2.28. The number of piperidine rings is 1. The van der Waals surface area contributed by atoms with Crippen molar-refractivity contribution in [2.45, 2.75) is 38.8 Å². The van der Waals surface area contributed by atoms with Crippen molar-refractivity contribution in [1.29, 1.82) is 0 Å². The summed E-state index contributed by atoms with van der Waals surface area (Å²) in [7, 11) is 0. The van der Waals surface area contributed by atoms with Crippen molar-refractivity contribution in [2.75, 3.05) is 13.1 Å². The molecule has 0 bridgehead atoms. The summed E-state index contributed by atoms with van der Waals surface area (Å²) in [5.41, 5.74) is 6.94. The first-order chi connectivity index (χ1) is 9.13. The van der Waals surface area contributed by atoms with Gasteiger partial charge < -0.3 is 5.73 Å². The van der Waals surface area contributed by atoms with Gasteiger partial charge in [-0.2, -0.15) is 0 Å². The number of aromatic nitrogens is 1. The second-order valence-corrected chi connectivity index (χ2v) is 6.05. The fraction of sp³-hybridized carbons (Fsp3) is 0.643. The number of nitrogens with zero attached hydrogens (tertiary/aromatic N) is 2. The third kappa shape index (κ3) is 3.82. The zero-order chi connectivity index (χ0) is 13.8. The quantitative estimate of drug-likeness (QED) is 0.867. The van der Waals surface area contributed by atoms with E-state index < -0.39 is 0 Å². The number of nitrogens with two attached hydrogens (primary N) is 1. The topological polar surface area (TPSA) is 42.2 Å². The molecule has 2 atom stereocenters. The minimum Gasteiger partial charge on any atom is -0.329 e. The van der Waals surface area contributed by atoms with E-state index in [2.05, 4.69) is 16.8 Å². The second kappa shape index (κ2) is 6.89. The number of halogens is 2. The smallest absolute Gasteiger partial charge is 0.130 e. The van der Waals surface area contributed by atoms with Crippen molar-refractivity contribution < 1.29 is 0 Å². The molecule has 1 aromatic rings. The molecule has 3 nitrogen and oxygen atoms in total. The lowest BCUT2D eigenvalue weighted by atomic mass is 9.88. The van der Waals surface area contributed by atoms with Crippen LogP contribution in [-0.4, -0.2) is 29.0 Å². The lowest BCUT2D eigenvalue weighted by molar-refractivity contribution is 0.107. The van der Waals surface area contributed by atoms with Crippen molar-refractivity contribution in [3.05, 3.63) is 28.0 Å². The van der Waals surface area contributed by atoms with Crippen LogP contribution in [0.25, 0.3) is 0 Å². The molecule has 0 aromatic carbocycles. The van der Waals surface area contributed by atoms with Gasteiger partial charge in [0.2, 0.25) is 0 Å². The van der Waals surface area contributed by atoms with Gasteiger partial charge in [0.1, 0.15) is 5.15 Å². The number of likely N-dealkylation sites (tertiary alicyclic amines) is 1.